The highest BCUT2D eigenvalue weighted by atomic mass is 32.2. The van der Waals surface area contributed by atoms with Crippen LogP contribution in [0, 0.1) is 0 Å². The minimum Gasteiger partial charge on any atom is -0.288 e. The third-order valence-electron chi connectivity index (χ3n) is 1.62. The molecule has 1 unspecified atom stereocenters. The van der Waals surface area contributed by atoms with Crippen molar-refractivity contribution in [3.8, 4) is 0 Å². The van der Waals surface area contributed by atoms with Gasteiger partial charge in [-0.1, -0.05) is 6.08 Å². The Balaban J connectivity index is 2.79. The first kappa shape index (κ1) is 8.46. The Hall–Kier alpha value is -0.640. The minimum absolute atomic E-state index is 0.376. The number of sulfone groups is 1. The van der Waals surface area contributed by atoms with Gasteiger partial charge in [-0.2, -0.15) is 0 Å². The molecule has 1 aliphatic heterocycles. The van der Waals surface area contributed by atoms with Crippen LogP contribution in [0.2, 0.25) is 0 Å². The van der Waals surface area contributed by atoms with Crippen LogP contribution in [0.1, 0.15) is 6.92 Å². The van der Waals surface area contributed by atoms with Gasteiger partial charge in [0.15, 0.2) is 9.84 Å². The standard InChI is InChI=1S/C7H11NO2S/c1-6-3-4-7(5-8-6)11(2,9)10/h3-4,7H,5H2,1-2H3. The Labute approximate surface area is 66.8 Å². The third kappa shape index (κ3) is 2.15. The van der Waals surface area contributed by atoms with E-state index < -0.39 is 15.1 Å². The van der Waals surface area contributed by atoms with Crippen LogP contribution in [0.4, 0.5) is 0 Å². The third-order valence-corrected chi connectivity index (χ3v) is 3.03. The second-order valence-corrected chi connectivity index (χ2v) is 4.97. The highest BCUT2D eigenvalue weighted by Crippen LogP contribution is 2.06. The Morgan fingerprint density at radius 1 is 1.64 bits per heavy atom. The van der Waals surface area contributed by atoms with Crippen molar-refractivity contribution in [2.45, 2.75) is 12.2 Å². The first-order valence-corrected chi connectivity index (χ1v) is 5.34. The van der Waals surface area contributed by atoms with Crippen molar-refractivity contribution < 1.29 is 8.42 Å². The topological polar surface area (TPSA) is 46.5 Å². The lowest BCUT2D eigenvalue weighted by Crippen LogP contribution is -2.23. The smallest absolute Gasteiger partial charge is 0.155 e. The van der Waals surface area contributed by atoms with Gasteiger partial charge in [-0.3, -0.25) is 4.99 Å². The second-order valence-electron chi connectivity index (χ2n) is 2.71. The monoisotopic (exact) mass is 173 g/mol. The summed E-state index contributed by atoms with van der Waals surface area (Å²) in [6, 6.07) is 0. The van der Waals surface area contributed by atoms with Gasteiger partial charge in [0.25, 0.3) is 0 Å². The number of allylic oxidation sites excluding steroid dienone is 1. The van der Waals surface area contributed by atoms with Gasteiger partial charge in [-0.15, -0.1) is 0 Å². The van der Waals surface area contributed by atoms with Gasteiger partial charge in [0.2, 0.25) is 0 Å². The lowest BCUT2D eigenvalue weighted by atomic mass is 10.2. The molecule has 4 heteroatoms. The molecule has 0 bridgehead atoms. The molecular weight excluding hydrogens is 162 g/mol. The zero-order chi connectivity index (χ0) is 8.48. The molecule has 62 valence electrons. The number of aliphatic imine (C=N–C) groups is 1. The Morgan fingerprint density at radius 3 is 2.64 bits per heavy atom. The first-order valence-electron chi connectivity index (χ1n) is 3.38. The van der Waals surface area contributed by atoms with E-state index in [4.69, 9.17) is 0 Å². The molecule has 0 saturated carbocycles. The fraction of sp³-hybridized carbons (Fsp3) is 0.571. The number of hydrogen-bond acceptors (Lipinski definition) is 3. The van der Waals surface area contributed by atoms with Crippen LogP contribution in [0.25, 0.3) is 0 Å². The van der Waals surface area contributed by atoms with Crippen molar-refractivity contribution >= 4 is 15.5 Å². The average molecular weight is 173 g/mol. The molecule has 0 fully saturated rings. The predicted molar refractivity (Wildman–Crippen MR) is 45.7 cm³/mol. The zero-order valence-electron chi connectivity index (χ0n) is 6.61. The molecule has 0 amide bonds. The molecule has 0 spiro atoms. The van der Waals surface area contributed by atoms with E-state index in [1.165, 1.54) is 6.26 Å². The summed E-state index contributed by atoms with van der Waals surface area (Å²) >= 11 is 0. The molecule has 1 heterocycles. The molecule has 3 nitrogen and oxygen atoms in total. The molecule has 11 heavy (non-hydrogen) atoms. The molecule has 1 atom stereocenters. The van der Waals surface area contributed by atoms with E-state index in [9.17, 15) is 8.42 Å². The molecule has 0 aromatic heterocycles. The Bertz CT molecular complexity index is 300. The van der Waals surface area contributed by atoms with Gasteiger partial charge >= 0.3 is 0 Å². The quantitative estimate of drug-likeness (QED) is 0.577. The van der Waals surface area contributed by atoms with Gasteiger partial charge in [0.1, 0.15) is 0 Å². The van der Waals surface area contributed by atoms with Gasteiger partial charge in [-0.05, 0) is 13.0 Å². The highest BCUT2D eigenvalue weighted by molar-refractivity contribution is 7.91. The van der Waals surface area contributed by atoms with Gasteiger partial charge in [-0.25, -0.2) is 8.42 Å². The SMILES string of the molecule is CC1=NCC(S(C)(=O)=O)C=C1. The van der Waals surface area contributed by atoms with Crippen LogP contribution in [0.3, 0.4) is 0 Å². The Morgan fingerprint density at radius 2 is 2.27 bits per heavy atom. The predicted octanol–water partition coefficient (Wildman–Crippen LogP) is 0.430. The van der Waals surface area contributed by atoms with E-state index in [1.54, 1.807) is 12.2 Å². The molecule has 1 rings (SSSR count). The first-order chi connectivity index (χ1) is 5.00. The van der Waals surface area contributed by atoms with Crippen molar-refractivity contribution in [2.75, 3.05) is 12.8 Å². The molecule has 1 aliphatic rings. The fourth-order valence-corrected chi connectivity index (χ4v) is 1.58. The summed E-state index contributed by atoms with van der Waals surface area (Å²) in [7, 11) is -2.94. The number of nitrogens with zero attached hydrogens (tertiary/aromatic N) is 1. The van der Waals surface area contributed by atoms with Gasteiger partial charge in [0, 0.05) is 12.0 Å². The van der Waals surface area contributed by atoms with E-state index in [-0.39, 0.29) is 0 Å². The van der Waals surface area contributed by atoms with Crippen molar-refractivity contribution in [3.05, 3.63) is 12.2 Å². The average Bonchev–Trinajstić information content (AvgIpc) is 1.86. The fourth-order valence-electron chi connectivity index (χ4n) is 0.872. The van der Waals surface area contributed by atoms with Crippen LogP contribution in [0.5, 0.6) is 0 Å². The summed E-state index contributed by atoms with van der Waals surface area (Å²) in [6.07, 6.45) is 4.67. The Kier molecular flexibility index (Phi) is 2.13. The molecule has 0 aromatic rings. The van der Waals surface area contributed by atoms with Crippen molar-refractivity contribution in [1.29, 1.82) is 0 Å². The van der Waals surface area contributed by atoms with Crippen molar-refractivity contribution in [1.82, 2.24) is 0 Å². The van der Waals surface area contributed by atoms with Crippen LogP contribution >= 0.6 is 0 Å². The zero-order valence-corrected chi connectivity index (χ0v) is 7.43. The largest absolute Gasteiger partial charge is 0.288 e. The molecule has 0 saturated heterocycles. The number of hydrogen-bond donors (Lipinski definition) is 0. The van der Waals surface area contributed by atoms with E-state index in [0.717, 1.165) is 5.71 Å². The van der Waals surface area contributed by atoms with Gasteiger partial charge < -0.3 is 0 Å². The second kappa shape index (κ2) is 2.77. The highest BCUT2D eigenvalue weighted by Gasteiger charge is 2.18. The maximum absolute atomic E-state index is 11.0. The molecule has 0 N–H and O–H groups in total. The molecule has 0 aliphatic carbocycles. The summed E-state index contributed by atoms with van der Waals surface area (Å²) in [5.74, 6) is 0. The lowest BCUT2D eigenvalue weighted by molar-refractivity contribution is 0.594. The minimum atomic E-state index is -2.94. The maximum atomic E-state index is 11.0. The molecular formula is C7H11NO2S. The van der Waals surface area contributed by atoms with E-state index in [0.29, 0.717) is 6.54 Å². The summed E-state index contributed by atoms with van der Waals surface area (Å²) in [5.41, 5.74) is 0.893. The van der Waals surface area contributed by atoms with Crippen LogP contribution in [-0.2, 0) is 9.84 Å². The van der Waals surface area contributed by atoms with E-state index in [1.807, 2.05) is 6.92 Å². The lowest BCUT2D eigenvalue weighted by Gasteiger charge is -2.11. The van der Waals surface area contributed by atoms with Gasteiger partial charge in [0.05, 0.1) is 11.8 Å². The van der Waals surface area contributed by atoms with Crippen LogP contribution in [-0.4, -0.2) is 32.2 Å². The van der Waals surface area contributed by atoms with Crippen molar-refractivity contribution in [3.63, 3.8) is 0 Å². The molecule has 0 radical (unpaired) electrons. The number of dihydropyridines is 1. The normalized spacial score (nSPS) is 24.9. The summed E-state index contributed by atoms with van der Waals surface area (Å²) in [5, 5.41) is -0.411. The van der Waals surface area contributed by atoms with E-state index >= 15 is 0 Å². The summed E-state index contributed by atoms with van der Waals surface area (Å²) in [4.78, 5) is 4.03. The van der Waals surface area contributed by atoms with Crippen LogP contribution in [0.15, 0.2) is 17.1 Å². The van der Waals surface area contributed by atoms with E-state index in [2.05, 4.69) is 4.99 Å². The maximum Gasteiger partial charge on any atom is 0.155 e. The molecule has 0 aromatic carbocycles. The van der Waals surface area contributed by atoms with Crippen LogP contribution < -0.4 is 0 Å². The summed E-state index contributed by atoms with van der Waals surface area (Å²) < 4.78 is 21.9. The van der Waals surface area contributed by atoms with Crippen molar-refractivity contribution in [2.24, 2.45) is 4.99 Å². The number of rotatable bonds is 1. The summed E-state index contributed by atoms with van der Waals surface area (Å²) in [6.45, 7) is 2.23.